The Morgan fingerprint density at radius 2 is 1.69 bits per heavy atom. The number of rotatable bonds is 5. The van der Waals surface area contributed by atoms with Crippen LogP contribution < -0.4 is 24.4 Å². The molecule has 3 aromatic carbocycles. The average Bonchev–Trinajstić information content (AvgIpc) is 3.47. The zero-order valence-electron chi connectivity index (χ0n) is 19.8. The third-order valence-electron chi connectivity index (χ3n) is 6.75. The summed E-state index contributed by atoms with van der Waals surface area (Å²) in [5.74, 6) is 1.64. The highest BCUT2D eigenvalue weighted by Gasteiger charge is 2.36. The Morgan fingerprint density at radius 3 is 2.56 bits per heavy atom. The van der Waals surface area contributed by atoms with Crippen molar-refractivity contribution >= 4 is 23.2 Å². The van der Waals surface area contributed by atoms with Crippen molar-refractivity contribution in [3.63, 3.8) is 0 Å². The van der Waals surface area contributed by atoms with Gasteiger partial charge in [-0.1, -0.05) is 30.3 Å². The second kappa shape index (κ2) is 9.45. The van der Waals surface area contributed by atoms with Crippen LogP contribution in [0.2, 0.25) is 0 Å². The molecule has 3 aromatic rings. The molecule has 0 spiro atoms. The summed E-state index contributed by atoms with van der Waals surface area (Å²) in [6, 6.07) is 20.5. The van der Waals surface area contributed by atoms with Gasteiger partial charge in [-0.15, -0.1) is 0 Å². The van der Waals surface area contributed by atoms with Crippen LogP contribution in [0.5, 0.6) is 17.2 Å². The van der Waals surface area contributed by atoms with Crippen LogP contribution in [0.4, 0.5) is 11.4 Å². The smallest absolute Gasteiger partial charge is 0.262 e. The van der Waals surface area contributed by atoms with E-state index in [0.29, 0.717) is 41.7 Å². The molecule has 1 saturated heterocycles. The van der Waals surface area contributed by atoms with Gasteiger partial charge in [0.1, 0.15) is 25.1 Å². The first-order valence-corrected chi connectivity index (χ1v) is 12.3. The van der Waals surface area contributed by atoms with E-state index in [1.54, 1.807) is 4.90 Å². The van der Waals surface area contributed by atoms with Crippen molar-refractivity contribution < 1.29 is 23.8 Å². The van der Waals surface area contributed by atoms with Crippen LogP contribution >= 0.6 is 0 Å². The second-order valence-electron chi connectivity index (χ2n) is 9.01. The van der Waals surface area contributed by atoms with Crippen LogP contribution in [0.15, 0.2) is 66.7 Å². The van der Waals surface area contributed by atoms with Gasteiger partial charge >= 0.3 is 0 Å². The lowest BCUT2D eigenvalue weighted by Crippen LogP contribution is -2.43. The Balaban J connectivity index is 1.37. The molecule has 184 valence electrons. The lowest BCUT2D eigenvalue weighted by molar-refractivity contribution is -0.132. The van der Waals surface area contributed by atoms with Crippen LogP contribution in [-0.4, -0.2) is 49.6 Å². The van der Waals surface area contributed by atoms with Gasteiger partial charge in [0.25, 0.3) is 11.8 Å². The largest absolute Gasteiger partial charge is 0.486 e. The quantitative estimate of drug-likeness (QED) is 0.583. The first kappa shape index (κ1) is 22.3. The molecule has 0 radical (unpaired) electrons. The molecule has 1 fully saturated rings. The van der Waals surface area contributed by atoms with E-state index >= 15 is 0 Å². The molecule has 0 aromatic heterocycles. The number of carbonyl (C=O) groups is 2. The number of hydrogen-bond donors (Lipinski definition) is 1. The van der Waals surface area contributed by atoms with Crippen molar-refractivity contribution in [1.82, 2.24) is 4.90 Å². The number of likely N-dealkylation sites (tertiary alicyclic amines) is 1. The molecule has 1 atom stereocenters. The predicted octanol–water partition coefficient (Wildman–Crippen LogP) is 4.23. The van der Waals surface area contributed by atoms with E-state index in [0.717, 1.165) is 37.2 Å². The maximum absolute atomic E-state index is 13.8. The molecule has 3 aliphatic heterocycles. The first-order valence-electron chi connectivity index (χ1n) is 12.3. The summed E-state index contributed by atoms with van der Waals surface area (Å²) in [7, 11) is 0. The Labute approximate surface area is 209 Å². The van der Waals surface area contributed by atoms with Gasteiger partial charge in [0.15, 0.2) is 18.1 Å². The van der Waals surface area contributed by atoms with Crippen LogP contribution in [-0.2, 0) is 4.79 Å². The third kappa shape index (κ3) is 4.08. The van der Waals surface area contributed by atoms with E-state index in [2.05, 4.69) is 5.32 Å². The minimum atomic E-state index is -0.562. The Kier molecular flexibility index (Phi) is 5.85. The average molecular weight is 486 g/mol. The number of fused-ring (bicyclic) bond motifs is 2. The molecule has 3 aliphatic rings. The van der Waals surface area contributed by atoms with Crippen molar-refractivity contribution in [1.29, 1.82) is 0 Å². The molecule has 0 aliphatic carbocycles. The maximum atomic E-state index is 13.8. The van der Waals surface area contributed by atoms with Gasteiger partial charge in [0.2, 0.25) is 0 Å². The van der Waals surface area contributed by atoms with Crippen LogP contribution in [0.3, 0.4) is 0 Å². The number of carbonyl (C=O) groups excluding carboxylic acids is 2. The fraction of sp³-hybridized carbons (Fsp3) is 0.286. The number of nitrogens with one attached hydrogen (secondary N) is 1. The van der Waals surface area contributed by atoms with Gasteiger partial charge in [-0.25, -0.2) is 0 Å². The Morgan fingerprint density at radius 1 is 0.944 bits per heavy atom. The molecule has 2 amide bonds. The molecule has 1 N–H and O–H groups in total. The molecular weight excluding hydrogens is 458 g/mol. The number of benzene rings is 3. The van der Waals surface area contributed by atoms with E-state index in [9.17, 15) is 9.59 Å². The Hall–Kier alpha value is -4.20. The lowest BCUT2D eigenvalue weighted by atomic mass is 10.0. The van der Waals surface area contributed by atoms with Crippen molar-refractivity contribution in [2.24, 2.45) is 0 Å². The van der Waals surface area contributed by atoms with E-state index in [-0.39, 0.29) is 18.4 Å². The lowest BCUT2D eigenvalue weighted by Gasteiger charge is -2.39. The molecule has 6 rings (SSSR count). The second-order valence-corrected chi connectivity index (χ2v) is 9.01. The number of nitrogens with zero attached hydrogens (tertiary/aromatic N) is 2. The zero-order chi connectivity index (χ0) is 24.5. The number of hydrogen-bond acceptors (Lipinski definition) is 6. The number of ether oxygens (including phenoxy) is 3. The molecule has 8 nitrogen and oxygen atoms in total. The van der Waals surface area contributed by atoms with Gasteiger partial charge < -0.3 is 24.4 Å². The SMILES string of the molecule is O=C(COc1ccccc1C1Nc2ccccc2C(=O)N1c1ccc2c(c1)OCCO2)N1CCCC1. The molecule has 0 saturated carbocycles. The summed E-state index contributed by atoms with van der Waals surface area (Å²) in [6.07, 6.45) is 1.49. The highest BCUT2D eigenvalue weighted by molar-refractivity contribution is 6.12. The van der Waals surface area contributed by atoms with E-state index in [4.69, 9.17) is 14.2 Å². The molecule has 8 heteroatoms. The Bertz CT molecular complexity index is 1300. The third-order valence-corrected chi connectivity index (χ3v) is 6.75. The van der Waals surface area contributed by atoms with E-state index in [1.165, 1.54) is 0 Å². The minimum absolute atomic E-state index is 0.0241. The summed E-state index contributed by atoms with van der Waals surface area (Å²) in [5.41, 5.74) is 2.74. The highest BCUT2D eigenvalue weighted by atomic mass is 16.6. The van der Waals surface area contributed by atoms with Crippen LogP contribution in [0, 0.1) is 0 Å². The summed E-state index contributed by atoms with van der Waals surface area (Å²) in [5, 5.41) is 3.51. The predicted molar refractivity (Wildman–Crippen MR) is 135 cm³/mol. The summed E-state index contributed by atoms with van der Waals surface area (Å²) < 4.78 is 17.5. The van der Waals surface area contributed by atoms with Crippen molar-refractivity contribution in [2.75, 3.05) is 43.1 Å². The molecule has 3 heterocycles. The standard InChI is InChI=1S/C28H27N3O5/c32-26(30-13-5-6-14-30)18-36-23-10-4-2-8-21(23)27-29-22-9-3-1-7-20(22)28(33)31(27)19-11-12-24-25(17-19)35-16-15-34-24/h1-4,7-12,17,27,29H,5-6,13-16,18H2. The fourth-order valence-electron chi connectivity index (χ4n) is 4.95. The molecular formula is C28H27N3O5. The highest BCUT2D eigenvalue weighted by Crippen LogP contribution is 2.42. The fourth-order valence-corrected chi connectivity index (χ4v) is 4.95. The summed E-state index contributed by atoms with van der Waals surface area (Å²) in [6.45, 7) is 2.46. The molecule has 0 bridgehead atoms. The summed E-state index contributed by atoms with van der Waals surface area (Å²) in [4.78, 5) is 30.0. The zero-order valence-corrected chi connectivity index (χ0v) is 19.8. The van der Waals surface area contributed by atoms with E-state index < -0.39 is 6.17 Å². The van der Waals surface area contributed by atoms with Gasteiger partial charge in [-0.3, -0.25) is 14.5 Å². The topological polar surface area (TPSA) is 80.3 Å². The summed E-state index contributed by atoms with van der Waals surface area (Å²) >= 11 is 0. The minimum Gasteiger partial charge on any atom is -0.486 e. The first-order chi connectivity index (χ1) is 17.7. The normalized spacial score (nSPS) is 18.4. The van der Waals surface area contributed by atoms with Gasteiger partial charge in [0, 0.05) is 30.4 Å². The monoisotopic (exact) mass is 485 g/mol. The van der Waals surface area contributed by atoms with Crippen LogP contribution in [0.25, 0.3) is 0 Å². The van der Waals surface area contributed by atoms with Gasteiger partial charge in [-0.05, 0) is 43.2 Å². The van der Waals surface area contributed by atoms with Crippen molar-refractivity contribution in [3.8, 4) is 17.2 Å². The van der Waals surface area contributed by atoms with E-state index in [1.807, 2.05) is 71.6 Å². The molecule has 1 unspecified atom stereocenters. The van der Waals surface area contributed by atoms with Gasteiger partial charge in [0.05, 0.1) is 11.3 Å². The number of anilines is 2. The van der Waals surface area contributed by atoms with Crippen LogP contribution in [0.1, 0.15) is 34.9 Å². The number of para-hydroxylation sites is 2. The van der Waals surface area contributed by atoms with Crippen molar-refractivity contribution in [3.05, 3.63) is 77.9 Å². The maximum Gasteiger partial charge on any atom is 0.262 e. The molecule has 36 heavy (non-hydrogen) atoms. The van der Waals surface area contributed by atoms with Gasteiger partial charge in [-0.2, -0.15) is 0 Å². The number of amides is 2. The van der Waals surface area contributed by atoms with Crippen molar-refractivity contribution in [2.45, 2.75) is 19.0 Å².